The topological polar surface area (TPSA) is 12.9 Å². The highest BCUT2D eigenvalue weighted by atomic mass is 35.5. The zero-order valence-electron chi connectivity index (χ0n) is 10.6. The highest BCUT2D eigenvalue weighted by molar-refractivity contribution is 6.34. The maximum absolute atomic E-state index is 6.07. The molecule has 0 atom stereocenters. The van der Waals surface area contributed by atoms with E-state index in [1.54, 1.807) is 6.20 Å². The van der Waals surface area contributed by atoms with Crippen LogP contribution in [-0.4, -0.2) is 4.98 Å². The molecule has 90 valence electrons. The van der Waals surface area contributed by atoms with E-state index in [1.165, 1.54) is 23.8 Å². The number of hydrogen-bond donors (Lipinski definition) is 0. The Morgan fingerprint density at radius 2 is 2.00 bits per heavy atom. The Bertz CT molecular complexity index is 531. The lowest BCUT2D eigenvalue weighted by molar-refractivity contribution is 0.473. The van der Waals surface area contributed by atoms with E-state index in [2.05, 4.69) is 44.0 Å². The zero-order chi connectivity index (χ0) is 12.5. The first-order chi connectivity index (χ1) is 8.04. The fourth-order valence-corrected chi connectivity index (χ4v) is 2.56. The van der Waals surface area contributed by atoms with Gasteiger partial charge in [-0.1, -0.05) is 57.0 Å². The summed E-state index contributed by atoms with van der Waals surface area (Å²) in [5, 5.41) is 2.79. The standard InChI is InChI=1S/C15H18ClN/c1-4-8-15(2,3)12-5-6-13-11(10-12)7-9-17-14(13)16/h5-7,9-10H,4,8H2,1-3H3. The molecule has 0 saturated heterocycles. The van der Waals surface area contributed by atoms with E-state index in [0.717, 1.165) is 5.39 Å². The lowest BCUT2D eigenvalue weighted by Gasteiger charge is -2.25. The average molecular weight is 248 g/mol. The summed E-state index contributed by atoms with van der Waals surface area (Å²) in [5.41, 5.74) is 1.59. The maximum Gasteiger partial charge on any atom is 0.136 e. The van der Waals surface area contributed by atoms with Crippen LogP contribution in [0.1, 0.15) is 39.2 Å². The van der Waals surface area contributed by atoms with Gasteiger partial charge in [0.05, 0.1) is 0 Å². The minimum atomic E-state index is 0.221. The molecule has 1 aromatic carbocycles. The molecule has 0 bridgehead atoms. The summed E-state index contributed by atoms with van der Waals surface area (Å²) in [5.74, 6) is 0. The smallest absolute Gasteiger partial charge is 0.136 e. The third kappa shape index (κ3) is 2.44. The summed E-state index contributed by atoms with van der Waals surface area (Å²) in [6.07, 6.45) is 4.15. The van der Waals surface area contributed by atoms with E-state index in [4.69, 9.17) is 11.6 Å². The van der Waals surface area contributed by atoms with Gasteiger partial charge in [0.15, 0.2) is 0 Å². The van der Waals surface area contributed by atoms with Crippen molar-refractivity contribution >= 4 is 22.4 Å². The van der Waals surface area contributed by atoms with Crippen LogP contribution in [0.25, 0.3) is 10.8 Å². The van der Waals surface area contributed by atoms with E-state index >= 15 is 0 Å². The van der Waals surface area contributed by atoms with Crippen molar-refractivity contribution in [3.8, 4) is 0 Å². The van der Waals surface area contributed by atoms with Gasteiger partial charge in [0.25, 0.3) is 0 Å². The predicted molar refractivity (Wildman–Crippen MR) is 74.7 cm³/mol. The Morgan fingerprint density at radius 3 is 2.71 bits per heavy atom. The molecule has 1 nitrogen and oxygen atoms in total. The van der Waals surface area contributed by atoms with Crippen molar-refractivity contribution in [2.24, 2.45) is 0 Å². The number of halogens is 1. The lowest BCUT2D eigenvalue weighted by Crippen LogP contribution is -2.16. The molecule has 0 aliphatic carbocycles. The Morgan fingerprint density at radius 1 is 1.24 bits per heavy atom. The third-order valence-electron chi connectivity index (χ3n) is 3.37. The van der Waals surface area contributed by atoms with E-state index in [-0.39, 0.29) is 5.41 Å². The SMILES string of the molecule is CCCC(C)(C)c1ccc2c(Cl)nccc2c1. The highest BCUT2D eigenvalue weighted by Crippen LogP contribution is 2.31. The summed E-state index contributed by atoms with van der Waals surface area (Å²) in [6.45, 7) is 6.81. The van der Waals surface area contributed by atoms with Crippen LogP contribution in [0, 0.1) is 0 Å². The van der Waals surface area contributed by atoms with Crippen molar-refractivity contribution in [2.75, 3.05) is 0 Å². The molecule has 0 aliphatic rings. The fourth-order valence-electron chi connectivity index (χ4n) is 2.33. The monoisotopic (exact) mass is 247 g/mol. The highest BCUT2D eigenvalue weighted by Gasteiger charge is 2.19. The van der Waals surface area contributed by atoms with Crippen LogP contribution in [0.3, 0.4) is 0 Å². The van der Waals surface area contributed by atoms with Gasteiger partial charge in [0, 0.05) is 11.6 Å². The molecule has 0 N–H and O–H groups in total. The number of fused-ring (bicyclic) bond motifs is 1. The molecule has 0 amide bonds. The molecule has 17 heavy (non-hydrogen) atoms. The Balaban J connectivity index is 2.52. The number of hydrogen-bond acceptors (Lipinski definition) is 1. The first-order valence-corrected chi connectivity index (χ1v) is 6.47. The van der Waals surface area contributed by atoms with Crippen LogP contribution in [-0.2, 0) is 5.41 Å². The predicted octanol–water partition coefficient (Wildman–Crippen LogP) is 4.97. The van der Waals surface area contributed by atoms with Crippen LogP contribution in [0.15, 0.2) is 30.5 Å². The minimum absolute atomic E-state index is 0.221. The molecule has 0 fully saturated rings. The van der Waals surface area contributed by atoms with Crippen LogP contribution >= 0.6 is 11.6 Å². The fraction of sp³-hybridized carbons (Fsp3) is 0.400. The molecule has 0 spiro atoms. The van der Waals surface area contributed by atoms with Crippen LogP contribution in [0.5, 0.6) is 0 Å². The molecule has 0 saturated carbocycles. The van der Waals surface area contributed by atoms with Crippen LogP contribution in [0.2, 0.25) is 5.15 Å². The van der Waals surface area contributed by atoms with E-state index < -0.39 is 0 Å². The average Bonchev–Trinajstić information content (AvgIpc) is 2.29. The van der Waals surface area contributed by atoms with Crippen molar-refractivity contribution < 1.29 is 0 Å². The second-order valence-corrected chi connectivity index (χ2v) is 5.53. The molecule has 0 unspecified atom stereocenters. The van der Waals surface area contributed by atoms with Gasteiger partial charge in [0.1, 0.15) is 5.15 Å². The van der Waals surface area contributed by atoms with E-state index in [9.17, 15) is 0 Å². The van der Waals surface area contributed by atoms with Gasteiger partial charge in [-0.2, -0.15) is 0 Å². The van der Waals surface area contributed by atoms with Gasteiger partial charge >= 0.3 is 0 Å². The first kappa shape index (κ1) is 12.4. The van der Waals surface area contributed by atoms with Gasteiger partial charge < -0.3 is 0 Å². The maximum atomic E-state index is 6.07. The number of pyridine rings is 1. The van der Waals surface area contributed by atoms with E-state index in [0.29, 0.717) is 5.15 Å². The Kier molecular flexibility index (Phi) is 3.39. The van der Waals surface area contributed by atoms with Crippen molar-refractivity contribution in [3.63, 3.8) is 0 Å². The van der Waals surface area contributed by atoms with Crippen molar-refractivity contribution in [3.05, 3.63) is 41.2 Å². The Hall–Kier alpha value is -1.08. The summed E-state index contributed by atoms with van der Waals surface area (Å²) < 4.78 is 0. The molecular weight excluding hydrogens is 230 g/mol. The third-order valence-corrected chi connectivity index (χ3v) is 3.67. The second kappa shape index (κ2) is 4.66. The number of benzene rings is 1. The van der Waals surface area contributed by atoms with Crippen molar-refractivity contribution in [1.29, 1.82) is 0 Å². The number of nitrogens with zero attached hydrogens (tertiary/aromatic N) is 1. The van der Waals surface area contributed by atoms with Crippen molar-refractivity contribution in [2.45, 2.75) is 39.0 Å². The van der Waals surface area contributed by atoms with Gasteiger partial charge in [-0.3, -0.25) is 0 Å². The van der Waals surface area contributed by atoms with Crippen molar-refractivity contribution in [1.82, 2.24) is 4.98 Å². The van der Waals surface area contributed by atoms with Crippen LogP contribution < -0.4 is 0 Å². The number of rotatable bonds is 3. The Labute approximate surface area is 108 Å². The minimum Gasteiger partial charge on any atom is -0.244 e. The molecule has 1 heterocycles. The summed E-state index contributed by atoms with van der Waals surface area (Å²) >= 11 is 6.07. The molecule has 1 aromatic heterocycles. The normalized spacial score (nSPS) is 12.0. The molecule has 2 rings (SSSR count). The largest absolute Gasteiger partial charge is 0.244 e. The van der Waals surface area contributed by atoms with Gasteiger partial charge in [-0.15, -0.1) is 0 Å². The van der Waals surface area contributed by atoms with E-state index in [1.807, 2.05) is 6.07 Å². The quantitative estimate of drug-likeness (QED) is 0.698. The van der Waals surface area contributed by atoms with Gasteiger partial charge in [-0.25, -0.2) is 4.98 Å². The molecular formula is C15H18ClN. The summed E-state index contributed by atoms with van der Waals surface area (Å²) in [7, 11) is 0. The summed E-state index contributed by atoms with van der Waals surface area (Å²) in [6, 6.07) is 8.51. The summed E-state index contributed by atoms with van der Waals surface area (Å²) in [4.78, 5) is 4.10. The molecule has 2 heteroatoms. The zero-order valence-corrected chi connectivity index (χ0v) is 11.4. The van der Waals surface area contributed by atoms with Gasteiger partial charge in [0.2, 0.25) is 0 Å². The van der Waals surface area contributed by atoms with Gasteiger partial charge in [-0.05, 0) is 28.9 Å². The molecule has 0 radical (unpaired) electrons. The van der Waals surface area contributed by atoms with Crippen LogP contribution in [0.4, 0.5) is 0 Å². The number of aromatic nitrogens is 1. The molecule has 2 aromatic rings. The molecule has 0 aliphatic heterocycles. The second-order valence-electron chi connectivity index (χ2n) is 5.17. The first-order valence-electron chi connectivity index (χ1n) is 6.09. The lowest BCUT2D eigenvalue weighted by atomic mass is 9.80.